The molecule has 3 N–H and O–H groups in total. The summed E-state index contributed by atoms with van der Waals surface area (Å²) in [5.41, 5.74) is -0.0510. The molecule has 1 aromatic heterocycles. The molecular formula is C18H18N2O7S2. The molecule has 0 saturated heterocycles. The number of ether oxygens (including phenoxy) is 1. The van der Waals surface area contributed by atoms with Crippen LogP contribution in [0.2, 0.25) is 0 Å². The van der Waals surface area contributed by atoms with Crippen LogP contribution in [0.5, 0.6) is 11.5 Å². The number of hydrogen-bond acceptors (Lipinski definition) is 7. The largest absolute Gasteiger partial charge is 0.467 e. The Morgan fingerprint density at radius 1 is 1.00 bits per heavy atom. The van der Waals surface area contributed by atoms with Crippen molar-refractivity contribution in [3.05, 3.63) is 66.6 Å². The number of rotatable bonds is 8. The van der Waals surface area contributed by atoms with Gasteiger partial charge < -0.3 is 14.5 Å². The van der Waals surface area contributed by atoms with E-state index < -0.39 is 29.9 Å². The van der Waals surface area contributed by atoms with Crippen molar-refractivity contribution in [3.63, 3.8) is 0 Å². The number of para-hydroxylation sites is 1. The smallest absolute Gasteiger partial charge is 0.296 e. The van der Waals surface area contributed by atoms with Gasteiger partial charge in [-0.1, -0.05) is 18.2 Å². The van der Waals surface area contributed by atoms with Crippen molar-refractivity contribution in [1.82, 2.24) is 4.72 Å². The SMILES string of the molecule is CNS(=O)(=O)c1cc(S(=O)(=O)O)c(NCc2ccco2)cc1Oc1ccccc1. The normalized spacial score (nSPS) is 11.9. The van der Waals surface area contributed by atoms with Crippen LogP contribution in [0.15, 0.2) is 75.1 Å². The van der Waals surface area contributed by atoms with E-state index in [1.54, 1.807) is 42.5 Å². The summed E-state index contributed by atoms with van der Waals surface area (Å²) in [6.45, 7) is 0.0957. The predicted molar refractivity (Wildman–Crippen MR) is 105 cm³/mol. The van der Waals surface area contributed by atoms with Crippen LogP contribution in [-0.2, 0) is 26.7 Å². The van der Waals surface area contributed by atoms with Gasteiger partial charge in [-0.25, -0.2) is 13.1 Å². The molecular weight excluding hydrogens is 420 g/mol. The van der Waals surface area contributed by atoms with Crippen LogP contribution in [0.4, 0.5) is 5.69 Å². The zero-order valence-corrected chi connectivity index (χ0v) is 16.8. The van der Waals surface area contributed by atoms with Crippen molar-refractivity contribution >= 4 is 25.8 Å². The van der Waals surface area contributed by atoms with Crippen molar-refractivity contribution in [1.29, 1.82) is 0 Å². The van der Waals surface area contributed by atoms with Gasteiger partial charge in [0.2, 0.25) is 10.0 Å². The third-order valence-corrected chi connectivity index (χ3v) is 6.22. The number of sulfonamides is 1. The lowest BCUT2D eigenvalue weighted by atomic mass is 10.2. The summed E-state index contributed by atoms with van der Waals surface area (Å²) in [5, 5.41) is 2.82. The molecule has 0 aliphatic carbocycles. The van der Waals surface area contributed by atoms with Gasteiger partial charge in [0.05, 0.1) is 18.5 Å². The lowest BCUT2D eigenvalue weighted by molar-refractivity contribution is 0.464. The Balaban J connectivity index is 2.14. The molecule has 11 heteroatoms. The summed E-state index contributed by atoms with van der Waals surface area (Å²) in [5.74, 6) is 0.722. The van der Waals surface area contributed by atoms with Crippen molar-refractivity contribution in [2.75, 3.05) is 12.4 Å². The van der Waals surface area contributed by atoms with Gasteiger partial charge in [0.15, 0.2) is 0 Å². The maximum absolute atomic E-state index is 12.4. The number of furan rings is 1. The van der Waals surface area contributed by atoms with Crippen LogP contribution in [0.1, 0.15) is 5.76 Å². The van der Waals surface area contributed by atoms with E-state index in [1.807, 2.05) is 0 Å². The highest BCUT2D eigenvalue weighted by Gasteiger charge is 2.26. The maximum atomic E-state index is 12.4. The number of nitrogens with one attached hydrogen (secondary N) is 2. The van der Waals surface area contributed by atoms with Crippen molar-refractivity contribution in [2.24, 2.45) is 0 Å². The highest BCUT2D eigenvalue weighted by molar-refractivity contribution is 7.89. The molecule has 0 spiro atoms. The van der Waals surface area contributed by atoms with Gasteiger partial charge >= 0.3 is 0 Å². The molecule has 1 heterocycles. The lowest BCUT2D eigenvalue weighted by Crippen LogP contribution is -2.20. The van der Waals surface area contributed by atoms with Crippen LogP contribution in [0, 0.1) is 0 Å². The fraction of sp³-hybridized carbons (Fsp3) is 0.111. The van der Waals surface area contributed by atoms with E-state index >= 15 is 0 Å². The molecule has 3 rings (SSSR count). The van der Waals surface area contributed by atoms with Gasteiger partial charge in [0.25, 0.3) is 10.1 Å². The van der Waals surface area contributed by atoms with Gasteiger partial charge in [0, 0.05) is 6.07 Å². The Bertz CT molecular complexity index is 1190. The molecule has 0 amide bonds. The Morgan fingerprint density at radius 2 is 1.72 bits per heavy atom. The van der Waals surface area contributed by atoms with Crippen LogP contribution < -0.4 is 14.8 Å². The Labute approximate surface area is 168 Å². The minimum atomic E-state index is -4.75. The molecule has 2 aromatic carbocycles. The second kappa shape index (κ2) is 8.25. The molecule has 0 bridgehead atoms. The molecule has 0 aliphatic heterocycles. The molecule has 0 saturated carbocycles. The van der Waals surface area contributed by atoms with Gasteiger partial charge in [-0.3, -0.25) is 4.55 Å². The Morgan fingerprint density at radius 3 is 2.31 bits per heavy atom. The minimum absolute atomic E-state index is 0.0510. The molecule has 3 aromatic rings. The molecule has 154 valence electrons. The van der Waals surface area contributed by atoms with E-state index in [1.165, 1.54) is 19.4 Å². The molecule has 0 aliphatic rings. The third-order valence-electron chi connectivity index (χ3n) is 3.89. The zero-order valence-electron chi connectivity index (χ0n) is 15.2. The van der Waals surface area contributed by atoms with Crippen molar-refractivity contribution in [2.45, 2.75) is 16.3 Å². The van der Waals surface area contributed by atoms with E-state index in [-0.39, 0.29) is 18.0 Å². The summed E-state index contributed by atoms with van der Waals surface area (Å²) in [4.78, 5) is -1.06. The van der Waals surface area contributed by atoms with E-state index in [0.29, 0.717) is 11.5 Å². The molecule has 0 fully saturated rings. The highest BCUT2D eigenvalue weighted by atomic mass is 32.2. The van der Waals surface area contributed by atoms with E-state index in [4.69, 9.17) is 9.15 Å². The molecule has 0 radical (unpaired) electrons. The fourth-order valence-electron chi connectivity index (χ4n) is 2.50. The first kappa shape index (κ1) is 20.9. The Hall–Kier alpha value is -2.86. The van der Waals surface area contributed by atoms with Crippen LogP contribution in [0.3, 0.4) is 0 Å². The van der Waals surface area contributed by atoms with E-state index in [0.717, 1.165) is 6.07 Å². The molecule has 0 unspecified atom stereocenters. The van der Waals surface area contributed by atoms with E-state index in [2.05, 4.69) is 10.0 Å². The summed E-state index contributed by atoms with van der Waals surface area (Å²) < 4.78 is 71.3. The average molecular weight is 438 g/mol. The first-order valence-electron chi connectivity index (χ1n) is 8.29. The first-order chi connectivity index (χ1) is 13.7. The summed E-state index contributed by atoms with van der Waals surface area (Å²) in [6, 6.07) is 13.7. The van der Waals surface area contributed by atoms with Crippen molar-refractivity contribution in [3.8, 4) is 11.5 Å². The van der Waals surface area contributed by atoms with Gasteiger partial charge in [-0.2, -0.15) is 8.42 Å². The second-order valence-corrected chi connectivity index (χ2v) is 9.07. The first-order valence-corrected chi connectivity index (χ1v) is 11.2. The van der Waals surface area contributed by atoms with Crippen LogP contribution in [0.25, 0.3) is 0 Å². The van der Waals surface area contributed by atoms with Gasteiger partial charge in [0.1, 0.15) is 27.1 Å². The topological polar surface area (TPSA) is 135 Å². The van der Waals surface area contributed by atoms with Gasteiger partial charge in [-0.05, 0) is 37.4 Å². The average Bonchev–Trinajstić information content (AvgIpc) is 3.19. The quantitative estimate of drug-likeness (QED) is 0.457. The third kappa shape index (κ3) is 4.95. The molecule has 0 atom stereocenters. The predicted octanol–water partition coefficient (Wildman–Crippen LogP) is 2.84. The van der Waals surface area contributed by atoms with E-state index in [9.17, 15) is 21.4 Å². The fourth-order valence-corrected chi connectivity index (χ4v) is 4.11. The van der Waals surface area contributed by atoms with Gasteiger partial charge in [-0.15, -0.1) is 0 Å². The minimum Gasteiger partial charge on any atom is -0.467 e. The lowest BCUT2D eigenvalue weighted by Gasteiger charge is -2.16. The summed E-state index contributed by atoms with van der Waals surface area (Å²) in [6.07, 6.45) is 1.45. The number of anilines is 1. The van der Waals surface area contributed by atoms with Crippen LogP contribution in [-0.4, -0.2) is 28.4 Å². The van der Waals surface area contributed by atoms with Crippen molar-refractivity contribution < 1.29 is 30.5 Å². The van der Waals surface area contributed by atoms with Crippen LogP contribution >= 0.6 is 0 Å². The zero-order chi connectivity index (χ0) is 21.1. The number of hydrogen-bond donors (Lipinski definition) is 3. The maximum Gasteiger partial charge on any atom is 0.296 e. The monoisotopic (exact) mass is 438 g/mol. The second-order valence-electron chi connectivity index (χ2n) is 5.83. The highest BCUT2D eigenvalue weighted by Crippen LogP contribution is 2.36. The summed E-state index contributed by atoms with van der Waals surface area (Å²) in [7, 11) is -7.67. The number of benzene rings is 2. The Kier molecular flexibility index (Phi) is 5.94. The molecule has 9 nitrogen and oxygen atoms in total. The molecule has 29 heavy (non-hydrogen) atoms. The standard InChI is InChI=1S/C18H18N2O7S2/c1-19-28(21,22)18-11-17(29(23,24)25)15(20-12-14-8-5-9-26-14)10-16(18)27-13-6-3-2-4-7-13/h2-11,19-20H,12H2,1H3,(H,23,24,25). The summed E-state index contributed by atoms with van der Waals surface area (Å²) >= 11 is 0.